The van der Waals surface area contributed by atoms with Crippen molar-refractivity contribution >= 4 is 27.8 Å². The van der Waals surface area contributed by atoms with Gasteiger partial charge in [-0.2, -0.15) is 4.33 Å². The van der Waals surface area contributed by atoms with Gasteiger partial charge >= 0.3 is 0 Å². The van der Waals surface area contributed by atoms with Crippen LogP contribution in [0.1, 0.15) is 15.9 Å². The predicted molar refractivity (Wildman–Crippen MR) is 116 cm³/mol. The second-order valence-corrected chi connectivity index (χ2v) is 9.28. The van der Waals surface area contributed by atoms with Gasteiger partial charge in [-0.3, -0.25) is 14.2 Å². The molecule has 0 spiro atoms. The monoisotopic (exact) mass is 461 g/mol. The maximum absolute atomic E-state index is 13.3. The first-order valence-corrected chi connectivity index (χ1v) is 11.5. The molecule has 0 fully saturated rings. The van der Waals surface area contributed by atoms with Crippen LogP contribution in [0.3, 0.4) is 0 Å². The maximum Gasteiger partial charge on any atom is 0.272 e. The molecule has 0 aliphatic carbocycles. The molecule has 1 heterocycles. The van der Waals surface area contributed by atoms with Gasteiger partial charge in [-0.1, -0.05) is 17.7 Å². The highest BCUT2D eigenvalue weighted by molar-refractivity contribution is 7.94. The second kappa shape index (κ2) is 9.02. The Kier molecular flexibility index (Phi) is 6.60. The summed E-state index contributed by atoms with van der Waals surface area (Å²) in [7, 11) is -2.15. The molecule has 0 unspecified atom stereocenters. The van der Waals surface area contributed by atoms with Gasteiger partial charge in [-0.15, -0.1) is 0 Å². The topological polar surface area (TPSA) is 131 Å². The summed E-state index contributed by atoms with van der Waals surface area (Å²) in [4.78, 5) is 34.4. The summed E-state index contributed by atoms with van der Waals surface area (Å²) in [5.74, 6) is -0.805. The van der Waals surface area contributed by atoms with E-state index in [0.29, 0.717) is 23.3 Å². The number of hydrogen-bond acceptors (Lipinski definition) is 8. The number of nitrogens with two attached hydrogens (primary N) is 1. The zero-order valence-electron chi connectivity index (χ0n) is 16.9. The number of aryl methyl sites for hydroxylation is 1. The Morgan fingerprint density at radius 2 is 1.71 bits per heavy atom. The Hall–Kier alpha value is -2.99. The molecule has 9 nitrogen and oxygen atoms in total. The molecule has 3 aromatic rings. The van der Waals surface area contributed by atoms with Crippen LogP contribution < -0.4 is 11.3 Å². The summed E-state index contributed by atoms with van der Waals surface area (Å²) in [5, 5.41) is -0.0788. The van der Waals surface area contributed by atoms with E-state index >= 15 is 0 Å². The lowest BCUT2D eigenvalue weighted by atomic mass is 10.1. The summed E-state index contributed by atoms with van der Waals surface area (Å²) in [6.07, 6.45) is 1.10. The fraction of sp³-hybridized carbons (Fsp3) is 0.150. The molecule has 0 radical (unpaired) electrons. The Balaban J connectivity index is 2.34. The summed E-state index contributed by atoms with van der Waals surface area (Å²) in [6.45, 7) is 1.90. The molecular formula is C20H19N3O6S2. The van der Waals surface area contributed by atoms with E-state index in [4.69, 9.17) is 10.1 Å². The van der Waals surface area contributed by atoms with Gasteiger partial charge in [-0.25, -0.2) is 18.3 Å². The first-order valence-electron chi connectivity index (χ1n) is 8.85. The lowest BCUT2D eigenvalue weighted by molar-refractivity contribution is -0.160. The Labute approximate surface area is 182 Å². The third-order valence-electron chi connectivity index (χ3n) is 4.31. The minimum atomic E-state index is -3.41. The lowest BCUT2D eigenvalue weighted by Gasteiger charge is -2.16. The number of benzene rings is 2. The van der Waals surface area contributed by atoms with Crippen LogP contribution in [-0.2, 0) is 19.1 Å². The number of rotatable bonds is 7. The fourth-order valence-electron chi connectivity index (χ4n) is 2.82. The first kappa shape index (κ1) is 22.7. The van der Waals surface area contributed by atoms with Crippen molar-refractivity contribution in [1.82, 2.24) is 9.55 Å². The maximum atomic E-state index is 13.3. The Morgan fingerprint density at radius 1 is 1.10 bits per heavy atom. The molecule has 0 saturated heterocycles. The minimum absolute atomic E-state index is 0.0788. The Bertz CT molecular complexity index is 1280. The molecule has 0 atom stereocenters. The van der Waals surface area contributed by atoms with Gasteiger partial charge in [-0.05, 0) is 43.3 Å². The molecule has 1 aromatic heterocycles. The molecule has 0 bridgehead atoms. The predicted octanol–water partition coefficient (Wildman–Crippen LogP) is 2.30. The highest BCUT2D eigenvalue weighted by atomic mass is 32.2. The average molecular weight is 462 g/mol. The number of primary amides is 1. The number of hydrogen-bond donors (Lipinski definition) is 1. The van der Waals surface area contributed by atoms with Crippen molar-refractivity contribution in [2.75, 3.05) is 13.4 Å². The number of sulfone groups is 1. The molecule has 162 valence electrons. The van der Waals surface area contributed by atoms with Crippen molar-refractivity contribution < 1.29 is 22.4 Å². The van der Waals surface area contributed by atoms with Crippen molar-refractivity contribution in [3.63, 3.8) is 0 Å². The number of carbonyl (C=O) groups is 1. The van der Waals surface area contributed by atoms with Gasteiger partial charge < -0.3 is 5.73 Å². The normalized spacial score (nSPS) is 11.5. The molecule has 3 rings (SSSR count). The summed E-state index contributed by atoms with van der Waals surface area (Å²) in [6, 6.07) is 12.9. The van der Waals surface area contributed by atoms with E-state index < -0.39 is 21.3 Å². The van der Waals surface area contributed by atoms with E-state index in [1.54, 1.807) is 24.3 Å². The molecule has 1 amide bonds. The highest BCUT2D eigenvalue weighted by Gasteiger charge is 2.24. The smallest absolute Gasteiger partial charge is 0.272 e. The van der Waals surface area contributed by atoms with Crippen LogP contribution in [0.4, 0.5) is 0 Å². The molecule has 2 aromatic carbocycles. The van der Waals surface area contributed by atoms with Crippen LogP contribution in [-0.4, -0.2) is 37.2 Å². The van der Waals surface area contributed by atoms with Crippen LogP contribution in [0.5, 0.6) is 0 Å². The van der Waals surface area contributed by atoms with Crippen LogP contribution in [0.25, 0.3) is 17.1 Å². The summed E-state index contributed by atoms with van der Waals surface area (Å²) < 4.78 is 29.6. The standard InChI is InChI=1S/C20H19N3O6S2/c1-12-4-8-14(9-5-12)23-18(13-6-10-15(11-7-13)31(3,26)27)22-19(30-29-28-2)16(17(21)24)20(23)25/h4-11H,1-3H3,(H2,21,24). The van der Waals surface area contributed by atoms with Crippen LogP contribution >= 0.6 is 12.0 Å². The summed E-state index contributed by atoms with van der Waals surface area (Å²) >= 11 is 0.569. The van der Waals surface area contributed by atoms with Gasteiger partial charge in [0.15, 0.2) is 9.84 Å². The van der Waals surface area contributed by atoms with Crippen molar-refractivity contribution in [3.8, 4) is 17.1 Å². The van der Waals surface area contributed by atoms with Crippen molar-refractivity contribution in [3.05, 3.63) is 70.0 Å². The van der Waals surface area contributed by atoms with Crippen LogP contribution in [0.2, 0.25) is 0 Å². The van der Waals surface area contributed by atoms with Crippen LogP contribution in [0.15, 0.2) is 63.2 Å². The zero-order chi connectivity index (χ0) is 22.8. The van der Waals surface area contributed by atoms with Gasteiger partial charge in [0.25, 0.3) is 11.5 Å². The van der Waals surface area contributed by atoms with E-state index in [0.717, 1.165) is 11.8 Å². The minimum Gasteiger partial charge on any atom is -0.365 e. The highest BCUT2D eigenvalue weighted by Crippen LogP contribution is 2.27. The fourth-order valence-corrected chi connectivity index (χ4v) is 3.98. The molecule has 11 heteroatoms. The van der Waals surface area contributed by atoms with Crippen molar-refractivity contribution in [2.45, 2.75) is 16.8 Å². The van der Waals surface area contributed by atoms with Crippen molar-refractivity contribution in [2.24, 2.45) is 5.73 Å². The number of aromatic nitrogens is 2. The molecule has 0 aliphatic rings. The molecule has 2 N–H and O–H groups in total. The quantitative estimate of drug-likeness (QED) is 0.245. The molecule has 31 heavy (non-hydrogen) atoms. The SMILES string of the molecule is COOSc1nc(-c2ccc(S(C)(=O)=O)cc2)n(-c2ccc(C)cc2)c(=O)c1C(N)=O. The zero-order valence-corrected chi connectivity index (χ0v) is 18.5. The van der Waals surface area contributed by atoms with Gasteiger partial charge in [0.1, 0.15) is 16.4 Å². The van der Waals surface area contributed by atoms with Gasteiger partial charge in [0.05, 0.1) is 29.7 Å². The summed E-state index contributed by atoms with van der Waals surface area (Å²) in [5.41, 5.74) is 6.26. The molecule has 0 aliphatic heterocycles. The van der Waals surface area contributed by atoms with E-state index in [2.05, 4.69) is 9.87 Å². The number of carbonyl (C=O) groups excluding carboxylic acids is 1. The third kappa shape index (κ3) is 4.85. The lowest BCUT2D eigenvalue weighted by Crippen LogP contribution is -2.32. The largest absolute Gasteiger partial charge is 0.365 e. The van der Waals surface area contributed by atoms with Gasteiger partial charge in [0.2, 0.25) is 0 Å². The Morgan fingerprint density at radius 3 is 2.23 bits per heavy atom. The van der Waals surface area contributed by atoms with Crippen molar-refractivity contribution in [1.29, 1.82) is 0 Å². The van der Waals surface area contributed by atoms with E-state index in [9.17, 15) is 18.0 Å². The van der Waals surface area contributed by atoms with E-state index in [1.165, 1.54) is 35.9 Å². The number of amides is 1. The molecule has 0 saturated carbocycles. The van der Waals surface area contributed by atoms with Gasteiger partial charge in [0, 0.05) is 11.8 Å². The second-order valence-electron chi connectivity index (χ2n) is 6.57. The van der Waals surface area contributed by atoms with E-state index in [-0.39, 0.29) is 21.3 Å². The number of nitrogens with zero attached hydrogens (tertiary/aromatic N) is 2. The van der Waals surface area contributed by atoms with Crippen LogP contribution in [0, 0.1) is 6.92 Å². The molecular weight excluding hydrogens is 442 g/mol. The average Bonchev–Trinajstić information content (AvgIpc) is 2.72. The first-order chi connectivity index (χ1) is 14.6. The van der Waals surface area contributed by atoms with E-state index in [1.807, 2.05) is 6.92 Å². The third-order valence-corrected chi connectivity index (χ3v) is 6.10.